The Hall–Kier alpha value is -6.61. The molecule has 2 aliphatic heterocycles. The molecule has 0 aromatic rings. The van der Waals surface area contributed by atoms with Crippen LogP contribution in [0, 0.1) is 0 Å². The summed E-state index contributed by atoms with van der Waals surface area (Å²) in [5.41, 5.74) is 22.0. The molecule has 0 radical (unpaired) electrons. The van der Waals surface area contributed by atoms with Gasteiger partial charge < -0.3 is 85.9 Å². The molecule has 0 aromatic heterocycles. The molecule has 73 heavy (non-hydrogen) atoms. The molecule has 2 heterocycles. The van der Waals surface area contributed by atoms with Gasteiger partial charge in [0.05, 0.1) is 25.9 Å². The predicted molar refractivity (Wildman–Crippen MR) is 265 cm³/mol. The molecule has 19 N–H and O–H groups in total. The van der Waals surface area contributed by atoms with Crippen LogP contribution in [0.1, 0.15) is 64.7 Å². The van der Waals surface area contributed by atoms with Crippen LogP contribution in [0.5, 0.6) is 0 Å². The van der Waals surface area contributed by atoms with Crippen molar-refractivity contribution in [1.82, 2.24) is 52.8 Å². The van der Waals surface area contributed by atoms with Gasteiger partial charge >= 0.3 is 11.9 Å². The van der Waals surface area contributed by atoms with Crippen LogP contribution in [0.15, 0.2) is 4.99 Å². The number of amides is 11. The lowest BCUT2D eigenvalue weighted by Crippen LogP contribution is -2.58. The van der Waals surface area contributed by atoms with Crippen molar-refractivity contribution < 1.29 is 72.5 Å². The molecule has 0 aliphatic carbocycles. The van der Waals surface area contributed by atoms with Gasteiger partial charge in [-0.1, -0.05) is 21.6 Å². The smallest absolute Gasteiger partial charge is 0.305 e. The van der Waals surface area contributed by atoms with Crippen LogP contribution < -0.4 is 70.8 Å². The molecule has 0 saturated carbocycles. The minimum absolute atomic E-state index is 0.00621. The monoisotopic (exact) mass is 1090 g/mol. The summed E-state index contributed by atoms with van der Waals surface area (Å²) in [6.45, 7) is -0.313. The summed E-state index contributed by atoms with van der Waals surface area (Å²) < 4.78 is 0. The fraction of sp³-hybridized carbons (Fsp3) is 0.650. The number of carboxylic acid groups (broad SMARTS) is 2. The van der Waals surface area contributed by atoms with Crippen molar-refractivity contribution >= 4 is 117 Å². The molecule has 0 aromatic carbocycles. The molecule has 30 nitrogen and oxygen atoms in total. The van der Waals surface area contributed by atoms with Gasteiger partial charge in [0.25, 0.3) is 0 Å². The summed E-state index contributed by atoms with van der Waals surface area (Å²) in [7, 11) is 1.71. The Kier molecular flexibility index (Phi) is 27.8. The molecule has 2 rings (SSSR count). The van der Waals surface area contributed by atoms with Crippen molar-refractivity contribution in [2.75, 3.05) is 50.0 Å². The van der Waals surface area contributed by atoms with E-state index >= 15 is 0 Å². The minimum atomic E-state index is -1.83. The molecule has 33 heteroatoms. The van der Waals surface area contributed by atoms with Gasteiger partial charge in [0.1, 0.15) is 48.3 Å². The van der Waals surface area contributed by atoms with E-state index in [4.69, 9.17) is 22.9 Å². The third-order valence-electron chi connectivity index (χ3n) is 10.6. The summed E-state index contributed by atoms with van der Waals surface area (Å²) in [5.74, 6) is -14.8. The maximum Gasteiger partial charge on any atom is 0.305 e. The Balaban J connectivity index is 2.63. The number of carbonyl (C=O) groups is 13. The van der Waals surface area contributed by atoms with Gasteiger partial charge in [0.15, 0.2) is 5.96 Å². The molecule has 2 aliphatic rings. The van der Waals surface area contributed by atoms with E-state index in [9.17, 15) is 72.5 Å². The van der Waals surface area contributed by atoms with Crippen molar-refractivity contribution in [1.29, 1.82) is 0 Å². The second kappa shape index (κ2) is 32.5. The number of carboxylic acids is 2. The van der Waals surface area contributed by atoms with Gasteiger partial charge in [-0.3, -0.25) is 67.3 Å². The van der Waals surface area contributed by atoms with Crippen LogP contribution in [0.4, 0.5) is 0 Å². The molecular weight excluding hydrogens is 1030 g/mol. The number of guanidine groups is 1. The lowest BCUT2D eigenvalue weighted by Gasteiger charge is -2.27. The fourth-order valence-electron chi connectivity index (χ4n) is 6.97. The second-order valence-electron chi connectivity index (χ2n) is 16.4. The lowest BCUT2D eigenvalue weighted by atomic mass is 10.1. The zero-order chi connectivity index (χ0) is 54.8. The van der Waals surface area contributed by atoms with E-state index in [0.29, 0.717) is 6.42 Å². The average molecular weight is 1090 g/mol. The number of primary amides is 1. The molecule has 0 spiro atoms. The van der Waals surface area contributed by atoms with Crippen LogP contribution >= 0.6 is 34.2 Å². The molecular formula is C40H65N15O15S3. The van der Waals surface area contributed by atoms with Gasteiger partial charge in [-0.15, -0.1) is 0 Å². The molecule has 8 atom stereocenters. The Morgan fingerprint density at radius 3 is 1.88 bits per heavy atom. The van der Waals surface area contributed by atoms with Gasteiger partial charge in [0.2, 0.25) is 65.0 Å². The lowest BCUT2D eigenvalue weighted by molar-refractivity contribution is -0.143. The third-order valence-corrected chi connectivity index (χ3v) is 13.4. The van der Waals surface area contributed by atoms with Crippen LogP contribution in [0.25, 0.3) is 0 Å². The fourth-order valence-corrected chi connectivity index (χ4v) is 9.57. The average Bonchev–Trinajstić information content (AvgIpc) is 3.82. The van der Waals surface area contributed by atoms with Crippen LogP contribution in [0.2, 0.25) is 0 Å². The van der Waals surface area contributed by atoms with E-state index in [-0.39, 0.29) is 81.4 Å². The highest BCUT2D eigenvalue weighted by Crippen LogP contribution is 2.24. The van der Waals surface area contributed by atoms with Gasteiger partial charge in [0, 0.05) is 37.3 Å². The number of nitrogens with one attached hydrogen (secondary N) is 9. The molecule has 2 fully saturated rings. The van der Waals surface area contributed by atoms with Crippen LogP contribution in [0.3, 0.4) is 0 Å². The largest absolute Gasteiger partial charge is 0.481 e. The number of carbonyl (C=O) groups excluding carboxylic acids is 11. The number of hydrogen-bond acceptors (Lipinski definition) is 18. The highest BCUT2D eigenvalue weighted by molar-refractivity contribution is 8.76. The topological polar surface area (TPSA) is 490 Å². The maximum absolute atomic E-state index is 14.0. The van der Waals surface area contributed by atoms with Gasteiger partial charge in [-0.25, -0.2) is 0 Å². The highest BCUT2D eigenvalue weighted by Gasteiger charge is 2.38. The minimum Gasteiger partial charge on any atom is -0.481 e. The SMILES string of the molecule is CC(=O)N[C@H](CS)C(=O)N[C@H]1CSSC[C@@H](C(N)=O)NC(=O)[C@H](CC(=O)O)NC(=O)[C@@H]2CCCN2C(=O)CNC(=O)[C@H](CCCCN)NC(=O)[C@H](CC(=O)O)NC(=O)CNC(=O)[C@H](CCCN=C(N)N)NC1=O. The van der Waals surface area contributed by atoms with Crippen molar-refractivity contribution in [3.05, 3.63) is 0 Å². The van der Waals surface area contributed by atoms with E-state index in [1.54, 1.807) is 0 Å². The summed E-state index contributed by atoms with van der Waals surface area (Å²) >= 11 is 4.10. The zero-order valence-electron chi connectivity index (χ0n) is 39.8. The number of nitrogens with two attached hydrogens (primary N) is 4. The molecule has 2 saturated heterocycles. The number of aliphatic carboxylic acids is 2. The van der Waals surface area contributed by atoms with Gasteiger partial charge in [-0.2, -0.15) is 12.6 Å². The first kappa shape index (κ1) is 62.5. The standard InChI is InChI=1S/C40H65N15O15S3/c1-19(56)48-24(16-71)37(68)54-26-18-73-72-17-25(32(42)63)53-36(67)23(13-31(61)62)52-39(70)27-8-5-11-55(27)29(58)15-47-34(65)20(6-2-3-9-41)50-35(66)22(12-30(59)60)49-28(57)14-46-33(64)21(51-38(26)69)7-4-10-45-40(43)44/h20-27,71H,2-18,41H2,1H3,(H2,42,63)(H,46,64)(H,47,65)(H,48,56)(H,49,57)(H,50,66)(H,51,69)(H,52,70)(H,53,67)(H,54,68)(H,59,60)(H,61,62)(H4,43,44,45)/t20-,21-,22-,23-,24+,25-,26-,27-/m0/s1. The van der Waals surface area contributed by atoms with Gasteiger partial charge in [-0.05, 0) is 51.5 Å². The Morgan fingerprint density at radius 1 is 0.740 bits per heavy atom. The first-order valence-corrected chi connectivity index (χ1v) is 25.9. The number of thiol groups is 1. The van der Waals surface area contributed by atoms with Crippen LogP contribution in [-0.4, -0.2) is 196 Å². The number of aliphatic imine (C=N–C) groups is 1. The molecule has 408 valence electrons. The predicted octanol–water partition coefficient (Wildman–Crippen LogP) is -7.43. The first-order valence-electron chi connectivity index (χ1n) is 22.7. The third kappa shape index (κ3) is 23.2. The van der Waals surface area contributed by atoms with Crippen LogP contribution in [-0.2, 0) is 62.3 Å². The number of nitrogens with zero attached hydrogens (tertiary/aromatic N) is 2. The van der Waals surface area contributed by atoms with E-state index in [1.165, 1.54) is 0 Å². The Labute approximate surface area is 431 Å². The summed E-state index contributed by atoms with van der Waals surface area (Å²) in [5, 5.41) is 40.5. The summed E-state index contributed by atoms with van der Waals surface area (Å²) in [6, 6.07) is -12.1. The van der Waals surface area contributed by atoms with Crippen molar-refractivity contribution in [2.24, 2.45) is 27.9 Å². The summed E-state index contributed by atoms with van der Waals surface area (Å²) in [6.07, 6.45) is -1.21. The number of hydrogen-bond donors (Lipinski definition) is 16. The van der Waals surface area contributed by atoms with E-state index in [2.05, 4.69) is 65.5 Å². The van der Waals surface area contributed by atoms with Crippen molar-refractivity contribution in [3.8, 4) is 0 Å². The second-order valence-corrected chi connectivity index (χ2v) is 19.4. The quantitative estimate of drug-likeness (QED) is 0.0211. The molecule has 0 unspecified atom stereocenters. The zero-order valence-corrected chi connectivity index (χ0v) is 42.3. The normalized spacial score (nSPS) is 24.1. The highest BCUT2D eigenvalue weighted by atomic mass is 33.1. The number of fused-ring (bicyclic) bond motifs is 1. The first-order chi connectivity index (χ1) is 34.5. The maximum atomic E-state index is 14.0. The van der Waals surface area contributed by atoms with E-state index < -0.39 is 151 Å². The number of rotatable bonds is 17. The Morgan fingerprint density at radius 2 is 1.30 bits per heavy atom. The molecule has 0 bridgehead atoms. The Bertz CT molecular complexity index is 2070. The van der Waals surface area contributed by atoms with Crippen molar-refractivity contribution in [3.63, 3.8) is 0 Å². The van der Waals surface area contributed by atoms with E-state index in [1.807, 2.05) is 0 Å². The van der Waals surface area contributed by atoms with Crippen molar-refractivity contribution in [2.45, 2.75) is 113 Å². The van der Waals surface area contributed by atoms with E-state index in [0.717, 1.165) is 33.4 Å². The molecule has 11 amide bonds. The number of unbranched alkanes of at least 4 members (excludes halogenated alkanes) is 1. The summed E-state index contributed by atoms with van der Waals surface area (Å²) in [4.78, 5) is 175.